The minimum Gasteiger partial charge on any atom is -0.484 e. The van der Waals surface area contributed by atoms with Crippen LogP contribution in [0.25, 0.3) is 0 Å². The lowest BCUT2D eigenvalue weighted by atomic mass is 10.1. The predicted octanol–water partition coefficient (Wildman–Crippen LogP) is 3.42. The average molecular weight is 475 g/mol. The van der Waals surface area contributed by atoms with Crippen molar-refractivity contribution in [2.45, 2.75) is 19.6 Å². The zero-order valence-corrected chi connectivity index (χ0v) is 16.5. The van der Waals surface area contributed by atoms with Gasteiger partial charge in [-0.1, -0.05) is 12.1 Å². The summed E-state index contributed by atoms with van der Waals surface area (Å²) in [4.78, 5) is 6.29. The lowest BCUT2D eigenvalue weighted by Gasteiger charge is -2.27. The van der Waals surface area contributed by atoms with Gasteiger partial charge in [-0.05, 0) is 18.6 Å². The summed E-state index contributed by atoms with van der Waals surface area (Å²) >= 11 is 1.86. The van der Waals surface area contributed by atoms with E-state index >= 15 is 0 Å². The molecule has 0 aliphatic carbocycles. The number of guanidine groups is 1. The van der Waals surface area contributed by atoms with E-state index in [1.807, 2.05) is 22.7 Å². The molecule has 1 fully saturated rings. The summed E-state index contributed by atoms with van der Waals surface area (Å²) in [6, 6.07) is 5.13. The van der Waals surface area contributed by atoms with Crippen LogP contribution in [0.5, 0.6) is 5.75 Å². The molecule has 1 heterocycles. The van der Waals surface area contributed by atoms with E-state index in [0.717, 1.165) is 30.2 Å². The van der Waals surface area contributed by atoms with Gasteiger partial charge in [0.1, 0.15) is 5.75 Å². The van der Waals surface area contributed by atoms with Crippen molar-refractivity contribution in [1.29, 1.82) is 0 Å². The van der Waals surface area contributed by atoms with Gasteiger partial charge in [0, 0.05) is 30.2 Å². The first kappa shape index (κ1) is 21.2. The first-order chi connectivity index (χ1) is 10.8. The van der Waals surface area contributed by atoms with Gasteiger partial charge in [-0.15, -0.1) is 24.0 Å². The van der Waals surface area contributed by atoms with Gasteiger partial charge in [0.15, 0.2) is 12.6 Å². The quantitative estimate of drug-likeness (QED) is 0.412. The zero-order valence-electron chi connectivity index (χ0n) is 13.3. The molecule has 1 aromatic carbocycles. The van der Waals surface area contributed by atoms with Crippen LogP contribution in [0.4, 0.5) is 13.2 Å². The maximum Gasteiger partial charge on any atom is 0.422 e. The van der Waals surface area contributed by atoms with E-state index in [0.29, 0.717) is 11.5 Å². The van der Waals surface area contributed by atoms with Crippen LogP contribution in [0.2, 0.25) is 0 Å². The molecule has 0 amide bonds. The molecule has 24 heavy (non-hydrogen) atoms. The van der Waals surface area contributed by atoms with Crippen LogP contribution in [0.1, 0.15) is 11.1 Å². The fraction of sp³-hybridized carbons (Fsp3) is 0.533. The van der Waals surface area contributed by atoms with E-state index in [1.165, 1.54) is 0 Å². The van der Waals surface area contributed by atoms with E-state index in [1.54, 1.807) is 19.1 Å². The van der Waals surface area contributed by atoms with Crippen molar-refractivity contribution >= 4 is 41.7 Å². The van der Waals surface area contributed by atoms with E-state index in [2.05, 4.69) is 4.99 Å². The Morgan fingerprint density at radius 1 is 1.33 bits per heavy atom. The highest BCUT2D eigenvalue weighted by molar-refractivity contribution is 14.0. The number of nitrogens with two attached hydrogens (primary N) is 1. The maximum atomic E-state index is 12.3. The van der Waals surface area contributed by atoms with Crippen molar-refractivity contribution in [2.24, 2.45) is 10.7 Å². The van der Waals surface area contributed by atoms with Gasteiger partial charge >= 0.3 is 6.18 Å². The third-order valence-corrected chi connectivity index (χ3v) is 4.30. The van der Waals surface area contributed by atoms with Crippen LogP contribution in [0.3, 0.4) is 0 Å². The molecule has 1 aliphatic heterocycles. The fourth-order valence-corrected chi connectivity index (χ4v) is 3.05. The monoisotopic (exact) mass is 475 g/mol. The molecule has 0 radical (unpaired) electrons. The van der Waals surface area contributed by atoms with Crippen molar-refractivity contribution in [3.8, 4) is 5.75 Å². The topological polar surface area (TPSA) is 50.8 Å². The van der Waals surface area contributed by atoms with E-state index in [9.17, 15) is 13.2 Å². The smallest absolute Gasteiger partial charge is 0.422 e. The Bertz CT molecular complexity index is 563. The largest absolute Gasteiger partial charge is 0.484 e. The molecule has 2 N–H and O–H groups in total. The van der Waals surface area contributed by atoms with E-state index < -0.39 is 12.8 Å². The molecule has 1 saturated heterocycles. The lowest BCUT2D eigenvalue weighted by molar-refractivity contribution is -0.153. The normalized spacial score (nSPS) is 15.8. The minimum atomic E-state index is -4.37. The maximum absolute atomic E-state index is 12.3. The molecular weight excluding hydrogens is 454 g/mol. The molecule has 1 aromatic rings. The number of nitrogens with zero attached hydrogens (tertiary/aromatic N) is 2. The standard InChI is InChI=1S/C15H20F3N3OS.HI/c1-11-2-3-12(13(8-11)22-10-15(16,17)18)9-20-14(19)21-4-6-23-7-5-21;/h2-3,8H,4-7,9-10H2,1H3,(H2,19,20);1H. The second kappa shape index (κ2) is 9.59. The number of aliphatic imine (C=N–C) groups is 1. The Morgan fingerprint density at radius 3 is 2.62 bits per heavy atom. The summed E-state index contributed by atoms with van der Waals surface area (Å²) in [5.41, 5.74) is 7.39. The molecule has 0 aromatic heterocycles. The van der Waals surface area contributed by atoms with Gasteiger partial charge in [0.2, 0.25) is 0 Å². The van der Waals surface area contributed by atoms with Crippen LogP contribution >= 0.6 is 35.7 Å². The molecule has 0 spiro atoms. The summed E-state index contributed by atoms with van der Waals surface area (Å²) < 4.78 is 42.0. The van der Waals surface area contributed by atoms with Gasteiger partial charge in [-0.25, -0.2) is 4.99 Å². The van der Waals surface area contributed by atoms with E-state index in [-0.39, 0.29) is 36.3 Å². The van der Waals surface area contributed by atoms with Crippen molar-refractivity contribution in [3.05, 3.63) is 29.3 Å². The molecule has 136 valence electrons. The lowest BCUT2D eigenvalue weighted by Crippen LogP contribution is -2.42. The molecule has 0 saturated carbocycles. The Balaban J connectivity index is 0.00000288. The first-order valence-electron chi connectivity index (χ1n) is 7.27. The number of hydrogen-bond donors (Lipinski definition) is 1. The van der Waals surface area contributed by atoms with Crippen LogP contribution in [0.15, 0.2) is 23.2 Å². The number of alkyl halides is 3. The second-order valence-electron chi connectivity index (χ2n) is 5.29. The predicted molar refractivity (Wildman–Crippen MR) is 102 cm³/mol. The Hall–Kier alpha value is -0.840. The molecule has 0 unspecified atom stereocenters. The number of rotatable bonds is 4. The van der Waals surface area contributed by atoms with Crippen LogP contribution in [-0.2, 0) is 6.54 Å². The molecule has 9 heteroatoms. The minimum absolute atomic E-state index is 0. The number of thioether (sulfide) groups is 1. The molecule has 4 nitrogen and oxygen atoms in total. The molecular formula is C15H21F3IN3OS. The highest BCUT2D eigenvalue weighted by atomic mass is 127. The van der Waals surface area contributed by atoms with Gasteiger partial charge < -0.3 is 15.4 Å². The molecule has 0 bridgehead atoms. The second-order valence-corrected chi connectivity index (χ2v) is 6.51. The van der Waals surface area contributed by atoms with Crippen LogP contribution < -0.4 is 10.5 Å². The van der Waals surface area contributed by atoms with Gasteiger partial charge in [0.05, 0.1) is 6.54 Å². The Morgan fingerprint density at radius 2 is 2.00 bits per heavy atom. The van der Waals surface area contributed by atoms with Crippen LogP contribution in [0, 0.1) is 6.92 Å². The third-order valence-electron chi connectivity index (χ3n) is 3.36. The fourth-order valence-electron chi connectivity index (χ4n) is 2.14. The summed E-state index contributed by atoms with van der Waals surface area (Å²) in [5, 5.41) is 0. The number of halogens is 4. The molecule has 2 rings (SSSR count). The number of benzene rings is 1. The Kier molecular flexibility index (Phi) is 8.48. The van der Waals surface area contributed by atoms with E-state index in [4.69, 9.17) is 10.5 Å². The highest BCUT2D eigenvalue weighted by Crippen LogP contribution is 2.24. The summed E-state index contributed by atoms with van der Waals surface area (Å²) in [5.74, 6) is 2.63. The molecule has 1 aliphatic rings. The van der Waals surface area contributed by atoms with Gasteiger partial charge in [0.25, 0.3) is 0 Å². The third kappa shape index (κ3) is 6.96. The summed E-state index contributed by atoms with van der Waals surface area (Å²) in [6.07, 6.45) is -4.37. The van der Waals surface area contributed by atoms with Crippen molar-refractivity contribution < 1.29 is 17.9 Å². The summed E-state index contributed by atoms with van der Waals surface area (Å²) in [7, 11) is 0. The number of hydrogen-bond acceptors (Lipinski definition) is 3. The number of ether oxygens (including phenoxy) is 1. The zero-order chi connectivity index (χ0) is 16.9. The first-order valence-corrected chi connectivity index (χ1v) is 8.42. The van der Waals surface area contributed by atoms with Gasteiger partial charge in [-0.3, -0.25) is 0 Å². The van der Waals surface area contributed by atoms with Crippen molar-refractivity contribution in [3.63, 3.8) is 0 Å². The average Bonchev–Trinajstić information content (AvgIpc) is 2.52. The summed E-state index contributed by atoms with van der Waals surface area (Å²) in [6.45, 7) is 2.36. The SMILES string of the molecule is Cc1ccc(CN=C(N)N2CCSCC2)c(OCC(F)(F)F)c1.I. The van der Waals surface area contributed by atoms with Crippen molar-refractivity contribution in [1.82, 2.24) is 4.90 Å². The highest BCUT2D eigenvalue weighted by Gasteiger charge is 2.28. The molecule has 0 atom stereocenters. The van der Waals surface area contributed by atoms with Crippen molar-refractivity contribution in [2.75, 3.05) is 31.2 Å². The number of aryl methyl sites for hydroxylation is 1. The Labute approximate surface area is 161 Å². The van der Waals surface area contributed by atoms with Crippen LogP contribution in [-0.4, -0.2) is 48.2 Å². The van der Waals surface area contributed by atoms with Gasteiger partial charge in [-0.2, -0.15) is 24.9 Å².